The fourth-order valence-corrected chi connectivity index (χ4v) is 1.84. The molecule has 2 rings (SSSR count). The van der Waals surface area contributed by atoms with E-state index in [2.05, 4.69) is 10.3 Å². The van der Waals surface area contributed by atoms with Crippen LogP contribution in [0.15, 0.2) is 42.7 Å². The number of benzene rings is 1. The van der Waals surface area contributed by atoms with Crippen LogP contribution in [-0.4, -0.2) is 15.8 Å². The quantitative estimate of drug-likeness (QED) is 0.693. The van der Waals surface area contributed by atoms with Gasteiger partial charge in [0.15, 0.2) is 0 Å². The molecule has 0 fully saturated rings. The SMILES string of the molecule is O=C(NCc1ccccc1[N+](=O)[O-])c1cnccc1Cl. The van der Waals surface area contributed by atoms with Crippen molar-refractivity contribution in [3.8, 4) is 0 Å². The molecule has 2 aromatic rings. The predicted molar refractivity (Wildman–Crippen MR) is 73.5 cm³/mol. The van der Waals surface area contributed by atoms with Gasteiger partial charge in [-0.25, -0.2) is 0 Å². The van der Waals surface area contributed by atoms with Crippen LogP contribution in [-0.2, 0) is 6.54 Å². The second-order valence-electron chi connectivity index (χ2n) is 3.92. The van der Waals surface area contributed by atoms with Crippen LogP contribution in [0.5, 0.6) is 0 Å². The maximum Gasteiger partial charge on any atom is 0.274 e. The number of nitrogens with one attached hydrogen (secondary N) is 1. The van der Waals surface area contributed by atoms with Crippen LogP contribution in [0.25, 0.3) is 0 Å². The summed E-state index contributed by atoms with van der Waals surface area (Å²) in [6.07, 6.45) is 2.82. The van der Waals surface area contributed by atoms with Crippen molar-refractivity contribution in [3.63, 3.8) is 0 Å². The molecule has 0 saturated heterocycles. The van der Waals surface area contributed by atoms with E-state index < -0.39 is 10.8 Å². The summed E-state index contributed by atoms with van der Waals surface area (Å²) in [5.74, 6) is -0.429. The number of nitrogens with zero attached hydrogens (tertiary/aromatic N) is 2. The highest BCUT2D eigenvalue weighted by atomic mass is 35.5. The van der Waals surface area contributed by atoms with Gasteiger partial charge >= 0.3 is 0 Å². The Morgan fingerprint density at radius 2 is 2.10 bits per heavy atom. The molecule has 0 aliphatic rings. The molecule has 6 nitrogen and oxygen atoms in total. The smallest absolute Gasteiger partial charge is 0.274 e. The first kappa shape index (κ1) is 14.0. The molecule has 1 heterocycles. The summed E-state index contributed by atoms with van der Waals surface area (Å²) < 4.78 is 0. The molecule has 0 atom stereocenters. The number of aromatic nitrogens is 1. The van der Waals surface area contributed by atoms with E-state index in [0.29, 0.717) is 5.56 Å². The first-order valence-electron chi connectivity index (χ1n) is 5.69. The number of amides is 1. The minimum Gasteiger partial charge on any atom is -0.348 e. The highest BCUT2D eigenvalue weighted by Gasteiger charge is 2.14. The van der Waals surface area contributed by atoms with E-state index in [1.807, 2.05) is 0 Å². The summed E-state index contributed by atoms with van der Waals surface area (Å²) in [4.78, 5) is 26.1. The second kappa shape index (κ2) is 6.12. The Morgan fingerprint density at radius 1 is 1.35 bits per heavy atom. The average Bonchev–Trinajstić information content (AvgIpc) is 2.45. The van der Waals surface area contributed by atoms with Gasteiger partial charge in [0.2, 0.25) is 0 Å². The topological polar surface area (TPSA) is 85.1 Å². The van der Waals surface area contributed by atoms with E-state index in [1.165, 1.54) is 24.5 Å². The molecule has 0 aliphatic heterocycles. The monoisotopic (exact) mass is 291 g/mol. The summed E-state index contributed by atoms with van der Waals surface area (Å²) >= 11 is 5.87. The second-order valence-corrected chi connectivity index (χ2v) is 4.33. The molecule has 1 aromatic carbocycles. The Hall–Kier alpha value is -2.47. The molecule has 0 saturated carbocycles. The molecule has 20 heavy (non-hydrogen) atoms. The molecule has 0 radical (unpaired) electrons. The Morgan fingerprint density at radius 3 is 2.80 bits per heavy atom. The number of rotatable bonds is 4. The molecule has 7 heteroatoms. The number of halogens is 1. The van der Waals surface area contributed by atoms with Crippen molar-refractivity contribution in [1.82, 2.24) is 10.3 Å². The van der Waals surface area contributed by atoms with Crippen molar-refractivity contribution < 1.29 is 9.72 Å². The number of carbonyl (C=O) groups is 1. The standard InChI is InChI=1S/C13H10ClN3O3/c14-11-5-6-15-8-10(11)13(18)16-7-9-3-1-2-4-12(9)17(19)20/h1-6,8H,7H2,(H,16,18). The first-order chi connectivity index (χ1) is 9.59. The molecule has 102 valence electrons. The fraction of sp³-hybridized carbons (Fsp3) is 0.0769. The highest BCUT2D eigenvalue weighted by Crippen LogP contribution is 2.18. The van der Waals surface area contributed by atoms with Crippen LogP contribution >= 0.6 is 11.6 Å². The van der Waals surface area contributed by atoms with E-state index in [1.54, 1.807) is 18.2 Å². The lowest BCUT2D eigenvalue weighted by Gasteiger charge is -2.06. The van der Waals surface area contributed by atoms with Gasteiger partial charge < -0.3 is 5.32 Å². The minimum atomic E-state index is -0.488. The van der Waals surface area contributed by atoms with E-state index in [4.69, 9.17) is 11.6 Å². The van der Waals surface area contributed by atoms with Gasteiger partial charge in [-0.15, -0.1) is 0 Å². The Bertz CT molecular complexity index is 661. The van der Waals surface area contributed by atoms with E-state index in [9.17, 15) is 14.9 Å². The minimum absolute atomic E-state index is 0.0370. The summed E-state index contributed by atoms with van der Waals surface area (Å²) in [5, 5.41) is 13.7. The molecule has 1 N–H and O–H groups in total. The number of nitro benzene ring substituents is 1. The first-order valence-corrected chi connectivity index (χ1v) is 6.07. The van der Waals surface area contributed by atoms with Crippen molar-refractivity contribution in [3.05, 3.63) is 69.0 Å². The van der Waals surface area contributed by atoms with E-state index in [0.717, 1.165) is 0 Å². The largest absolute Gasteiger partial charge is 0.348 e. The predicted octanol–water partition coefficient (Wildman–Crippen LogP) is 2.57. The van der Waals surface area contributed by atoms with Crippen molar-refractivity contribution in [2.24, 2.45) is 0 Å². The van der Waals surface area contributed by atoms with Crippen molar-refractivity contribution in [1.29, 1.82) is 0 Å². The average molecular weight is 292 g/mol. The molecule has 1 amide bonds. The molecule has 0 unspecified atom stereocenters. The highest BCUT2D eigenvalue weighted by molar-refractivity contribution is 6.33. The van der Waals surface area contributed by atoms with Gasteiger partial charge in [-0.05, 0) is 6.07 Å². The number of hydrogen-bond donors (Lipinski definition) is 1. The maximum atomic E-state index is 11.9. The lowest BCUT2D eigenvalue weighted by atomic mass is 10.1. The molecule has 1 aromatic heterocycles. The summed E-state index contributed by atoms with van der Waals surface area (Å²) in [5.41, 5.74) is 0.615. The van der Waals surface area contributed by atoms with Crippen LogP contribution in [0.2, 0.25) is 5.02 Å². The Balaban J connectivity index is 2.12. The molecule has 0 bridgehead atoms. The lowest BCUT2D eigenvalue weighted by Crippen LogP contribution is -2.23. The van der Waals surface area contributed by atoms with Crippen LogP contribution in [0, 0.1) is 10.1 Å². The van der Waals surface area contributed by atoms with Gasteiger partial charge in [0.05, 0.1) is 15.5 Å². The summed E-state index contributed by atoms with van der Waals surface area (Å²) in [6.45, 7) is 0.0429. The van der Waals surface area contributed by atoms with E-state index >= 15 is 0 Å². The third kappa shape index (κ3) is 3.10. The maximum absolute atomic E-state index is 11.9. The number of para-hydroxylation sites is 1. The molecular weight excluding hydrogens is 282 g/mol. The van der Waals surface area contributed by atoms with Crippen molar-refractivity contribution in [2.45, 2.75) is 6.54 Å². The third-order valence-electron chi connectivity index (χ3n) is 2.64. The zero-order valence-electron chi connectivity index (χ0n) is 10.2. The van der Waals surface area contributed by atoms with Gasteiger partial charge in [0, 0.05) is 30.6 Å². The van der Waals surface area contributed by atoms with Gasteiger partial charge in [-0.2, -0.15) is 0 Å². The van der Waals surface area contributed by atoms with Crippen LogP contribution in [0.4, 0.5) is 5.69 Å². The lowest BCUT2D eigenvalue weighted by molar-refractivity contribution is -0.385. The fourth-order valence-electron chi connectivity index (χ4n) is 1.65. The molecule has 0 spiro atoms. The summed E-state index contributed by atoms with van der Waals surface area (Å²) in [7, 11) is 0. The van der Waals surface area contributed by atoms with Gasteiger partial charge in [0.1, 0.15) is 0 Å². The van der Waals surface area contributed by atoms with Crippen LogP contribution in [0.3, 0.4) is 0 Å². The summed E-state index contributed by atoms with van der Waals surface area (Å²) in [6, 6.07) is 7.72. The van der Waals surface area contributed by atoms with Crippen LogP contribution < -0.4 is 5.32 Å². The zero-order valence-corrected chi connectivity index (χ0v) is 11.0. The Labute approximate surface area is 119 Å². The third-order valence-corrected chi connectivity index (χ3v) is 2.97. The van der Waals surface area contributed by atoms with Crippen molar-refractivity contribution in [2.75, 3.05) is 0 Å². The van der Waals surface area contributed by atoms with Gasteiger partial charge in [-0.1, -0.05) is 29.8 Å². The molecular formula is C13H10ClN3O3. The molecule has 0 aliphatic carbocycles. The van der Waals surface area contributed by atoms with Gasteiger partial charge in [-0.3, -0.25) is 19.9 Å². The number of pyridine rings is 1. The number of nitro groups is 1. The number of carbonyl (C=O) groups excluding carboxylic acids is 1. The Kier molecular flexibility index (Phi) is 4.27. The number of hydrogen-bond acceptors (Lipinski definition) is 4. The van der Waals surface area contributed by atoms with Crippen LogP contribution in [0.1, 0.15) is 15.9 Å². The van der Waals surface area contributed by atoms with Gasteiger partial charge in [0.25, 0.3) is 11.6 Å². The normalized spacial score (nSPS) is 10.1. The van der Waals surface area contributed by atoms with E-state index in [-0.39, 0.29) is 22.8 Å². The zero-order chi connectivity index (χ0) is 14.5. The van der Waals surface area contributed by atoms with Crippen molar-refractivity contribution >= 4 is 23.2 Å².